The van der Waals surface area contributed by atoms with Crippen LogP contribution in [-0.2, 0) is 11.0 Å². The van der Waals surface area contributed by atoms with Crippen molar-refractivity contribution in [1.29, 1.82) is 0 Å². The fraction of sp³-hybridized carbons (Fsp3) is 0.167. The number of carbonyl (C=O) groups excluding carboxylic acids is 1. The summed E-state index contributed by atoms with van der Waals surface area (Å²) in [4.78, 5) is 15.1. The SMILES string of the molecule is CC(=O)/N=c1\s[c]cn1-c1ccc(C(F)(F)F)cc1. The molecule has 0 saturated carbocycles. The topological polar surface area (TPSA) is 34.4 Å². The summed E-state index contributed by atoms with van der Waals surface area (Å²) in [6, 6.07) is 4.61. The van der Waals surface area contributed by atoms with Crippen molar-refractivity contribution < 1.29 is 18.0 Å². The minimum atomic E-state index is -4.36. The standard InChI is InChI=1S/C12H8F3N2OS/c1-8(18)16-11-17(6-7-19-11)10-4-2-9(3-5-10)12(13,14)15/h2-6H,1H3/b16-11-. The molecule has 0 spiro atoms. The lowest BCUT2D eigenvalue weighted by molar-refractivity contribution is -0.137. The fourth-order valence-corrected chi connectivity index (χ4v) is 2.14. The van der Waals surface area contributed by atoms with Crippen LogP contribution in [0.2, 0.25) is 0 Å². The van der Waals surface area contributed by atoms with Gasteiger partial charge >= 0.3 is 6.18 Å². The molecule has 1 radical (unpaired) electrons. The van der Waals surface area contributed by atoms with Crippen LogP contribution >= 0.6 is 11.3 Å². The summed E-state index contributed by atoms with van der Waals surface area (Å²) >= 11 is 1.11. The molecule has 99 valence electrons. The Balaban J connectivity index is 2.44. The largest absolute Gasteiger partial charge is 0.416 e. The number of rotatable bonds is 1. The van der Waals surface area contributed by atoms with Gasteiger partial charge in [0.25, 0.3) is 0 Å². The Hall–Kier alpha value is -1.89. The van der Waals surface area contributed by atoms with Crippen LogP contribution in [0.15, 0.2) is 35.5 Å². The monoisotopic (exact) mass is 285 g/mol. The third-order valence-electron chi connectivity index (χ3n) is 2.26. The molecule has 2 rings (SSSR count). The Labute approximate surface area is 110 Å². The van der Waals surface area contributed by atoms with E-state index in [0.717, 1.165) is 23.5 Å². The first-order valence-electron chi connectivity index (χ1n) is 5.19. The first kappa shape index (κ1) is 13.5. The molecule has 1 aromatic carbocycles. The molecule has 19 heavy (non-hydrogen) atoms. The van der Waals surface area contributed by atoms with Crippen LogP contribution in [0, 0.1) is 5.38 Å². The summed E-state index contributed by atoms with van der Waals surface area (Å²) in [6.45, 7) is 1.30. The van der Waals surface area contributed by atoms with E-state index in [1.807, 2.05) is 0 Å². The Morgan fingerprint density at radius 3 is 2.47 bits per heavy atom. The maximum Gasteiger partial charge on any atom is 0.416 e. The van der Waals surface area contributed by atoms with Gasteiger partial charge in [-0.25, -0.2) is 0 Å². The summed E-state index contributed by atoms with van der Waals surface area (Å²) in [5.41, 5.74) is -0.230. The fourth-order valence-electron chi connectivity index (χ4n) is 1.44. The summed E-state index contributed by atoms with van der Waals surface area (Å²) in [5, 5.41) is 2.78. The molecule has 0 atom stereocenters. The van der Waals surface area contributed by atoms with Gasteiger partial charge in [-0.05, 0) is 24.3 Å². The van der Waals surface area contributed by atoms with Crippen molar-refractivity contribution in [1.82, 2.24) is 4.57 Å². The van der Waals surface area contributed by atoms with Crippen molar-refractivity contribution in [3.63, 3.8) is 0 Å². The predicted molar refractivity (Wildman–Crippen MR) is 63.7 cm³/mol. The number of carbonyl (C=O) groups is 1. The van der Waals surface area contributed by atoms with Gasteiger partial charge in [0.05, 0.1) is 10.9 Å². The smallest absolute Gasteiger partial charge is 0.292 e. The molecular weight excluding hydrogens is 277 g/mol. The van der Waals surface area contributed by atoms with Gasteiger partial charge in [0.1, 0.15) is 0 Å². The number of hydrogen-bond donors (Lipinski definition) is 0. The normalized spacial score (nSPS) is 12.7. The lowest BCUT2D eigenvalue weighted by atomic mass is 10.2. The van der Waals surface area contributed by atoms with Crippen molar-refractivity contribution in [3.05, 3.63) is 46.2 Å². The third kappa shape index (κ3) is 3.11. The Morgan fingerprint density at radius 2 is 1.95 bits per heavy atom. The second-order valence-electron chi connectivity index (χ2n) is 3.68. The van der Waals surface area contributed by atoms with Crippen LogP contribution in [0.4, 0.5) is 13.2 Å². The van der Waals surface area contributed by atoms with Gasteiger partial charge in [-0.1, -0.05) is 11.3 Å². The zero-order valence-corrected chi connectivity index (χ0v) is 10.5. The molecule has 0 aliphatic rings. The van der Waals surface area contributed by atoms with Gasteiger partial charge in [0.15, 0.2) is 4.80 Å². The molecular formula is C12H8F3N2OS. The van der Waals surface area contributed by atoms with Gasteiger partial charge < -0.3 is 0 Å². The van der Waals surface area contributed by atoms with E-state index in [-0.39, 0.29) is 5.91 Å². The van der Waals surface area contributed by atoms with Crippen molar-refractivity contribution >= 4 is 17.2 Å². The van der Waals surface area contributed by atoms with E-state index in [0.29, 0.717) is 10.5 Å². The molecule has 0 unspecified atom stereocenters. The highest BCUT2D eigenvalue weighted by Gasteiger charge is 2.29. The molecule has 7 heteroatoms. The van der Waals surface area contributed by atoms with Crippen molar-refractivity contribution in [2.24, 2.45) is 4.99 Å². The first-order valence-corrected chi connectivity index (χ1v) is 6.01. The molecule has 0 bridgehead atoms. The highest BCUT2D eigenvalue weighted by Crippen LogP contribution is 2.29. The molecule has 0 aliphatic heterocycles. The molecule has 0 aliphatic carbocycles. The van der Waals surface area contributed by atoms with Gasteiger partial charge in [-0.15, -0.1) is 0 Å². The first-order chi connectivity index (χ1) is 8.88. The minimum absolute atomic E-state index is 0.368. The van der Waals surface area contributed by atoms with E-state index in [9.17, 15) is 18.0 Å². The van der Waals surface area contributed by atoms with Gasteiger partial charge in [-0.2, -0.15) is 18.2 Å². The van der Waals surface area contributed by atoms with E-state index in [1.165, 1.54) is 29.8 Å². The molecule has 2 aromatic rings. The molecule has 1 heterocycles. The summed E-state index contributed by atoms with van der Waals surface area (Å²) in [5.74, 6) is -0.378. The number of halogens is 3. The van der Waals surface area contributed by atoms with Crippen LogP contribution in [0.3, 0.4) is 0 Å². The number of benzene rings is 1. The minimum Gasteiger partial charge on any atom is -0.292 e. The lowest BCUT2D eigenvalue weighted by Crippen LogP contribution is -2.14. The number of nitrogens with zero attached hydrogens (tertiary/aromatic N) is 2. The number of aromatic nitrogens is 1. The molecule has 3 nitrogen and oxygen atoms in total. The predicted octanol–water partition coefficient (Wildman–Crippen LogP) is 2.80. The Kier molecular flexibility index (Phi) is 3.57. The van der Waals surface area contributed by atoms with Gasteiger partial charge in [0.2, 0.25) is 5.91 Å². The van der Waals surface area contributed by atoms with Crippen LogP contribution in [0.1, 0.15) is 12.5 Å². The second kappa shape index (κ2) is 5.00. The number of thiazole rings is 1. The molecule has 0 saturated heterocycles. The molecule has 0 N–H and O–H groups in total. The maximum atomic E-state index is 12.4. The summed E-state index contributed by atoms with van der Waals surface area (Å²) < 4.78 is 38.8. The summed E-state index contributed by atoms with van der Waals surface area (Å²) in [7, 11) is 0. The number of alkyl halides is 3. The van der Waals surface area contributed by atoms with Gasteiger partial charge in [0, 0.05) is 18.8 Å². The van der Waals surface area contributed by atoms with E-state index < -0.39 is 11.7 Å². The Morgan fingerprint density at radius 1 is 1.32 bits per heavy atom. The highest BCUT2D eigenvalue weighted by molar-refractivity contribution is 7.06. The van der Waals surface area contributed by atoms with Crippen molar-refractivity contribution in [3.8, 4) is 5.69 Å². The van der Waals surface area contributed by atoms with Crippen LogP contribution in [0.25, 0.3) is 5.69 Å². The molecule has 1 amide bonds. The number of amides is 1. The lowest BCUT2D eigenvalue weighted by Gasteiger charge is -2.08. The van der Waals surface area contributed by atoms with Crippen molar-refractivity contribution in [2.45, 2.75) is 13.1 Å². The van der Waals surface area contributed by atoms with E-state index >= 15 is 0 Å². The average Bonchev–Trinajstić information content (AvgIpc) is 2.75. The van der Waals surface area contributed by atoms with Gasteiger partial charge in [-0.3, -0.25) is 9.36 Å². The Bertz CT molecular complexity index is 653. The second-order valence-corrected chi connectivity index (χ2v) is 4.48. The average molecular weight is 285 g/mol. The van der Waals surface area contributed by atoms with E-state index in [1.54, 1.807) is 0 Å². The van der Waals surface area contributed by atoms with E-state index in [4.69, 9.17) is 0 Å². The van der Waals surface area contributed by atoms with Crippen LogP contribution in [-0.4, -0.2) is 10.5 Å². The quantitative estimate of drug-likeness (QED) is 0.793. The highest BCUT2D eigenvalue weighted by atomic mass is 32.1. The van der Waals surface area contributed by atoms with E-state index in [2.05, 4.69) is 10.4 Å². The molecule has 1 aromatic heterocycles. The summed E-state index contributed by atoms with van der Waals surface area (Å²) in [6.07, 6.45) is -2.84. The zero-order chi connectivity index (χ0) is 14.0. The van der Waals surface area contributed by atoms with Crippen molar-refractivity contribution in [2.75, 3.05) is 0 Å². The number of hydrogen-bond acceptors (Lipinski definition) is 2. The van der Waals surface area contributed by atoms with Crippen LogP contribution in [0.5, 0.6) is 0 Å². The maximum absolute atomic E-state index is 12.4. The third-order valence-corrected chi connectivity index (χ3v) is 2.96. The van der Waals surface area contributed by atoms with Crippen LogP contribution < -0.4 is 4.80 Å². The molecule has 0 fully saturated rings. The zero-order valence-electron chi connectivity index (χ0n) is 9.73.